The summed E-state index contributed by atoms with van der Waals surface area (Å²) >= 11 is 8.07. The van der Waals surface area contributed by atoms with Crippen molar-refractivity contribution in [2.45, 2.75) is 31.2 Å². The van der Waals surface area contributed by atoms with Gasteiger partial charge in [-0.2, -0.15) is 0 Å². The first-order valence-electron chi connectivity index (χ1n) is 5.91. The fraction of sp³-hybridized carbons (Fsp3) is 0.385. The lowest BCUT2D eigenvalue weighted by Gasteiger charge is -2.41. The summed E-state index contributed by atoms with van der Waals surface area (Å²) in [5, 5.41) is 12.3. The van der Waals surface area contributed by atoms with E-state index >= 15 is 0 Å². The van der Waals surface area contributed by atoms with E-state index in [1.54, 1.807) is 18.2 Å². The van der Waals surface area contributed by atoms with E-state index in [0.717, 1.165) is 9.99 Å². The Bertz CT molecular complexity index is 529. The Labute approximate surface area is 129 Å². The number of amides is 1. The zero-order valence-electron chi connectivity index (χ0n) is 10.1. The summed E-state index contributed by atoms with van der Waals surface area (Å²) in [6, 6.07) is 5.06. The van der Waals surface area contributed by atoms with Crippen LogP contribution in [0.2, 0.25) is 5.02 Å². The number of carbonyl (C=O) groups is 2. The van der Waals surface area contributed by atoms with E-state index in [4.69, 9.17) is 16.7 Å². The maximum atomic E-state index is 12.1. The second-order valence-corrected chi connectivity index (χ2v) is 6.36. The number of aliphatic carboxylic acids is 1. The number of hydrogen-bond donors (Lipinski definition) is 2. The van der Waals surface area contributed by atoms with Crippen LogP contribution in [0.1, 0.15) is 36.0 Å². The highest BCUT2D eigenvalue weighted by molar-refractivity contribution is 14.1. The number of nitrogens with one attached hydrogen (secondary N) is 1. The Hall–Kier alpha value is -0.820. The normalized spacial score (nSPS) is 16.5. The molecule has 0 saturated heterocycles. The summed E-state index contributed by atoms with van der Waals surface area (Å²) < 4.78 is 0.875. The molecule has 6 heteroatoms. The van der Waals surface area contributed by atoms with Gasteiger partial charge in [0, 0.05) is 9.13 Å². The van der Waals surface area contributed by atoms with Crippen LogP contribution in [0, 0.1) is 3.57 Å². The standard InChI is InChI=1S/C13H13ClINO3/c14-9-6-8(2-3-10(9)15)12(19)16-13(4-1-5-13)7-11(17)18/h2-3,6H,1,4-5,7H2,(H,16,19)(H,17,18). The van der Waals surface area contributed by atoms with E-state index in [2.05, 4.69) is 27.9 Å². The Kier molecular flexibility index (Phi) is 4.35. The van der Waals surface area contributed by atoms with Gasteiger partial charge in [0.1, 0.15) is 0 Å². The molecule has 0 aliphatic heterocycles. The van der Waals surface area contributed by atoms with Crippen LogP contribution < -0.4 is 5.32 Å². The average molecular weight is 394 g/mol. The number of carboxylic acid groups (broad SMARTS) is 1. The number of carbonyl (C=O) groups excluding carboxylic acids is 1. The van der Waals surface area contributed by atoms with Crippen molar-refractivity contribution in [3.63, 3.8) is 0 Å². The molecule has 0 aromatic heterocycles. The maximum Gasteiger partial charge on any atom is 0.305 e. The molecule has 0 bridgehead atoms. The van der Waals surface area contributed by atoms with Gasteiger partial charge in [-0.15, -0.1) is 0 Å². The Morgan fingerprint density at radius 3 is 2.58 bits per heavy atom. The molecule has 2 N–H and O–H groups in total. The fourth-order valence-corrected chi connectivity index (χ4v) is 2.71. The largest absolute Gasteiger partial charge is 0.481 e. The van der Waals surface area contributed by atoms with Crippen molar-refractivity contribution < 1.29 is 14.7 Å². The molecule has 2 rings (SSSR count). The predicted molar refractivity (Wildman–Crippen MR) is 80.5 cm³/mol. The van der Waals surface area contributed by atoms with Crippen LogP contribution >= 0.6 is 34.2 Å². The lowest BCUT2D eigenvalue weighted by Crippen LogP contribution is -2.54. The van der Waals surface area contributed by atoms with Crippen molar-refractivity contribution in [3.8, 4) is 0 Å². The molecule has 1 aliphatic rings. The third-order valence-electron chi connectivity index (χ3n) is 3.36. The highest BCUT2D eigenvalue weighted by atomic mass is 127. The van der Waals surface area contributed by atoms with Crippen LogP contribution in [0.5, 0.6) is 0 Å². The van der Waals surface area contributed by atoms with Crippen LogP contribution in [0.25, 0.3) is 0 Å². The van der Waals surface area contributed by atoms with Crippen molar-refractivity contribution in [2.75, 3.05) is 0 Å². The first-order valence-corrected chi connectivity index (χ1v) is 7.37. The monoisotopic (exact) mass is 393 g/mol. The third kappa shape index (κ3) is 3.39. The Balaban J connectivity index is 2.11. The van der Waals surface area contributed by atoms with Crippen LogP contribution in [0.4, 0.5) is 0 Å². The molecular formula is C13H13ClINO3. The van der Waals surface area contributed by atoms with E-state index in [1.165, 1.54) is 0 Å². The summed E-state index contributed by atoms with van der Waals surface area (Å²) in [5.41, 5.74) is -0.125. The molecule has 1 aromatic carbocycles. The number of carboxylic acids is 1. The Morgan fingerprint density at radius 1 is 1.42 bits per heavy atom. The van der Waals surface area contributed by atoms with Gasteiger partial charge in [0.25, 0.3) is 5.91 Å². The molecule has 1 aromatic rings. The van der Waals surface area contributed by atoms with Gasteiger partial charge in [0.15, 0.2) is 0 Å². The van der Waals surface area contributed by atoms with Crippen LogP contribution in [-0.4, -0.2) is 22.5 Å². The quantitative estimate of drug-likeness (QED) is 0.773. The van der Waals surface area contributed by atoms with Crippen LogP contribution in [-0.2, 0) is 4.79 Å². The molecule has 0 spiro atoms. The third-order valence-corrected chi connectivity index (χ3v) is 4.93. The van der Waals surface area contributed by atoms with E-state index < -0.39 is 11.5 Å². The predicted octanol–water partition coefficient (Wildman–Crippen LogP) is 3.07. The number of halogens is 2. The minimum atomic E-state index is -0.888. The van der Waals surface area contributed by atoms with Gasteiger partial charge >= 0.3 is 5.97 Å². The summed E-state index contributed by atoms with van der Waals surface area (Å²) in [4.78, 5) is 23.0. The first-order chi connectivity index (χ1) is 8.92. The second kappa shape index (κ2) is 5.66. The van der Waals surface area contributed by atoms with Gasteiger partial charge in [-0.3, -0.25) is 9.59 Å². The molecule has 1 saturated carbocycles. The maximum absolute atomic E-state index is 12.1. The number of benzene rings is 1. The fourth-order valence-electron chi connectivity index (χ4n) is 2.19. The SMILES string of the molecule is O=C(O)CC1(NC(=O)c2ccc(I)c(Cl)c2)CCC1. The molecule has 1 amide bonds. The summed E-state index contributed by atoms with van der Waals surface area (Å²) in [5.74, 6) is -1.15. The molecule has 0 atom stereocenters. The van der Waals surface area contributed by atoms with Crippen LogP contribution in [0.3, 0.4) is 0 Å². The van der Waals surface area contributed by atoms with Crippen molar-refractivity contribution in [1.82, 2.24) is 5.32 Å². The molecule has 19 heavy (non-hydrogen) atoms. The molecule has 0 radical (unpaired) electrons. The highest BCUT2D eigenvalue weighted by Gasteiger charge is 2.40. The van der Waals surface area contributed by atoms with E-state index in [0.29, 0.717) is 23.4 Å². The summed E-state index contributed by atoms with van der Waals surface area (Å²) in [6.07, 6.45) is 2.34. The molecule has 102 valence electrons. The second-order valence-electron chi connectivity index (χ2n) is 4.79. The van der Waals surface area contributed by atoms with Crippen molar-refractivity contribution in [1.29, 1.82) is 0 Å². The summed E-state index contributed by atoms with van der Waals surface area (Å²) in [7, 11) is 0. The minimum Gasteiger partial charge on any atom is -0.481 e. The molecular weight excluding hydrogens is 381 g/mol. The molecule has 1 aliphatic carbocycles. The smallest absolute Gasteiger partial charge is 0.305 e. The van der Waals surface area contributed by atoms with Gasteiger partial charge in [0.05, 0.1) is 17.0 Å². The van der Waals surface area contributed by atoms with Gasteiger partial charge in [-0.1, -0.05) is 11.6 Å². The molecule has 0 heterocycles. The van der Waals surface area contributed by atoms with E-state index in [1.807, 2.05) is 0 Å². The molecule has 0 unspecified atom stereocenters. The van der Waals surface area contributed by atoms with Gasteiger partial charge in [-0.05, 0) is 60.1 Å². The van der Waals surface area contributed by atoms with E-state index in [-0.39, 0.29) is 12.3 Å². The number of hydrogen-bond acceptors (Lipinski definition) is 2. The van der Waals surface area contributed by atoms with Crippen molar-refractivity contribution >= 4 is 46.1 Å². The zero-order valence-corrected chi connectivity index (χ0v) is 13.0. The average Bonchev–Trinajstić information content (AvgIpc) is 2.29. The Morgan fingerprint density at radius 2 is 2.11 bits per heavy atom. The lowest BCUT2D eigenvalue weighted by molar-refractivity contribution is -0.139. The minimum absolute atomic E-state index is 0.0309. The van der Waals surface area contributed by atoms with Crippen LogP contribution in [0.15, 0.2) is 18.2 Å². The van der Waals surface area contributed by atoms with Gasteiger partial charge in [-0.25, -0.2) is 0 Å². The van der Waals surface area contributed by atoms with E-state index in [9.17, 15) is 9.59 Å². The van der Waals surface area contributed by atoms with Crippen molar-refractivity contribution in [3.05, 3.63) is 32.4 Å². The van der Waals surface area contributed by atoms with Gasteiger partial charge in [0.2, 0.25) is 0 Å². The van der Waals surface area contributed by atoms with Gasteiger partial charge < -0.3 is 10.4 Å². The zero-order chi connectivity index (χ0) is 14.0. The van der Waals surface area contributed by atoms with Crippen molar-refractivity contribution in [2.24, 2.45) is 0 Å². The highest BCUT2D eigenvalue weighted by Crippen LogP contribution is 2.35. The molecule has 4 nitrogen and oxygen atoms in total. The summed E-state index contributed by atoms with van der Waals surface area (Å²) in [6.45, 7) is 0. The first kappa shape index (κ1) is 14.6. The number of rotatable bonds is 4. The topological polar surface area (TPSA) is 66.4 Å². The molecule has 1 fully saturated rings. The lowest BCUT2D eigenvalue weighted by atomic mass is 9.74.